The fraction of sp³-hybridized carbons (Fsp3) is 0.357. The molecule has 1 heterocycles. The van der Waals surface area contributed by atoms with Gasteiger partial charge in [0.2, 0.25) is 10.0 Å². The average Bonchev–Trinajstić information content (AvgIpc) is 2.79. The van der Waals surface area contributed by atoms with Crippen molar-refractivity contribution in [3.63, 3.8) is 0 Å². The normalized spacial score (nSPS) is 11.6. The number of esters is 1. The Morgan fingerprint density at radius 2 is 2.00 bits per heavy atom. The lowest BCUT2D eigenvalue weighted by Crippen LogP contribution is -2.11. The number of aromatic nitrogens is 1. The predicted molar refractivity (Wildman–Crippen MR) is 82.1 cm³/mol. The first kappa shape index (κ1) is 15.4. The summed E-state index contributed by atoms with van der Waals surface area (Å²) in [5, 5.41) is 0.842. The molecule has 7 heteroatoms. The first-order valence-corrected chi connectivity index (χ1v) is 8.53. The van der Waals surface area contributed by atoms with E-state index in [2.05, 4.69) is 9.71 Å². The minimum absolute atomic E-state index is 0.301. The minimum Gasteiger partial charge on any atom is -0.461 e. The maximum absolute atomic E-state index is 11.7. The molecule has 0 amide bonds. The molecule has 114 valence electrons. The number of carbonyl (C=O) groups is 1. The molecule has 0 aliphatic heterocycles. The molecule has 0 saturated heterocycles. The lowest BCUT2D eigenvalue weighted by molar-refractivity contribution is 0.0520. The Morgan fingerprint density at radius 1 is 1.29 bits per heavy atom. The number of hydrogen-bond donors (Lipinski definition) is 2. The van der Waals surface area contributed by atoms with Crippen LogP contribution in [0.2, 0.25) is 0 Å². The van der Waals surface area contributed by atoms with E-state index >= 15 is 0 Å². The topological polar surface area (TPSA) is 88.3 Å². The summed E-state index contributed by atoms with van der Waals surface area (Å²) in [6.45, 7) is 3.98. The molecular weight excluding hydrogens is 292 g/mol. The van der Waals surface area contributed by atoms with E-state index in [4.69, 9.17) is 4.74 Å². The van der Waals surface area contributed by atoms with E-state index in [0.29, 0.717) is 29.9 Å². The van der Waals surface area contributed by atoms with Gasteiger partial charge in [-0.05, 0) is 37.1 Å². The summed E-state index contributed by atoms with van der Waals surface area (Å²) in [4.78, 5) is 14.7. The van der Waals surface area contributed by atoms with E-state index in [9.17, 15) is 13.2 Å². The van der Waals surface area contributed by atoms with Gasteiger partial charge in [-0.2, -0.15) is 0 Å². The van der Waals surface area contributed by atoms with Crippen molar-refractivity contribution in [2.75, 3.05) is 17.6 Å². The summed E-state index contributed by atoms with van der Waals surface area (Å²) < 4.78 is 30.3. The highest BCUT2D eigenvalue weighted by Gasteiger charge is 2.13. The highest BCUT2D eigenvalue weighted by molar-refractivity contribution is 7.92. The first-order chi connectivity index (χ1) is 9.84. The highest BCUT2D eigenvalue weighted by Crippen LogP contribution is 2.26. The number of hydrogen-bond acceptors (Lipinski definition) is 4. The zero-order valence-electron chi connectivity index (χ0n) is 12.2. The lowest BCUT2D eigenvalue weighted by atomic mass is 10.1. The van der Waals surface area contributed by atoms with Gasteiger partial charge < -0.3 is 9.72 Å². The number of nitrogens with one attached hydrogen (secondary N) is 2. The third kappa shape index (κ3) is 3.55. The number of anilines is 1. The molecule has 0 saturated carbocycles. The lowest BCUT2D eigenvalue weighted by Gasteiger charge is -2.09. The fourth-order valence-electron chi connectivity index (χ4n) is 2.13. The Bertz CT molecular complexity index is 778. The molecule has 2 N–H and O–H groups in total. The molecule has 0 radical (unpaired) electrons. The van der Waals surface area contributed by atoms with Crippen LogP contribution in [-0.4, -0.2) is 32.2 Å². The van der Waals surface area contributed by atoms with Crippen molar-refractivity contribution in [1.82, 2.24) is 4.98 Å². The van der Waals surface area contributed by atoms with E-state index in [-0.39, 0.29) is 0 Å². The summed E-state index contributed by atoms with van der Waals surface area (Å²) in [7, 11) is -3.35. The van der Waals surface area contributed by atoms with Gasteiger partial charge >= 0.3 is 5.97 Å². The average molecular weight is 310 g/mol. The number of ether oxygens (including phenoxy) is 1. The summed E-state index contributed by atoms with van der Waals surface area (Å²) in [5.74, 6) is -0.427. The van der Waals surface area contributed by atoms with Crippen LogP contribution in [0.3, 0.4) is 0 Å². The Morgan fingerprint density at radius 3 is 2.57 bits per heavy atom. The second-order valence-electron chi connectivity index (χ2n) is 4.73. The van der Waals surface area contributed by atoms with Gasteiger partial charge in [-0.25, -0.2) is 13.2 Å². The van der Waals surface area contributed by atoms with Crippen LogP contribution in [0.15, 0.2) is 18.2 Å². The van der Waals surface area contributed by atoms with Crippen LogP contribution in [0.25, 0.3) is 10.9 Å². The molecule has 1 aromatic carbocycles. The number of rotatable bonds is 5. The molecular formula is C14H18N2O4S. The van der Waals surface area contributed by atoms with E-state index in [1.165, 1.54) is 0 Å². The third-order valence-electron chi connectivity index (χ3n) is 3.02. The molecule has 0 spiro atoms. The second-order valence-corrected chi connectivity index (χ2v) is 6.48. The molecule has 2 rings (SSSR count). The summed E-state index contributed by atoms with van der Waals surface area (Å²) >= 11 is 0. The largest absolute Gasteiger partial charge is 0.461 e. The van der Waals surface area contributed by atoms with Crippen LogP contribution in [0.5, 0.6) is 0 Å². The number of aryl methyl sites for hydroxylation is 1. The Kier molecular flexibility index (Phi) is 4.22. The maximum atomic E-state index is 11.7. The van der Waals surface area contributed by atoms with Crippen LogP contribution in [-0.2, 0) is 21.2 Å². The summed E-state index contributed by atoms with van der Waals surface area (Å²) in [5.41, 5.74) is 2.42. The smallest absolute Gasteiger partial charge is 0.354 e. The van der Waals surface area contributed by atoms with Gasteiger partial charge in [0.1, 0.15) is 5.69 Å². The molecule has 21 heavy (non-hydrogen) atoms. The van der Waals surface area contributed by atoms with Crippen molar-refractivity contribution in [2.24, 2.45) is 0 Å². The number of sulfonamides is 1. The van der Waals surface area contributed by atoms with Gasteiger partial charge in [-0.3, -0.25) is 4.72 Å². The standard InChI is InChI=1S/C14H18N2O4S/c1-4-9-6-10-7-13(14(17)20-5-2)15-11(10)8-12(9)16-21(3,18)19/h6-8,15-16H,4-5H2,1-3H3. The van der Waals surface area contributed by atoms with Crippen LogP contribution < -0.4 is 4.72 Å². The highest BCUT2D eigenvalue weighted by atomic mass is 32.2. The van der Waals surface area contributed by atoms with Crippen molar-refractivity contribution in [3.05, 3.63) is 29.5 Å². The van der Waals surface area contributed by atoms with Crippen molar-refractivity contribution in [1.29, 1.82) is 0 Å². The summed E-state index contributed by atoms with van der Waals surface area (Å²) in [6, 6.07) is 5.26. The monoisotopic (exact) mass is 310 g/mol. The number of fused-ring (bicyclic) bond motifs is 1. The van der Waals surface area contributed by atoms with Gasteiger partial charge in [-0.1, -0.05) is 6.92 Å². The number of benzene rings is 1. The quantitative estimate of drug-likeness (QED) is 0.829. The Balaban J connectivity index is 2.50. The predicted octanol–water partition coefficient (Wildman–Crippen LogP) is 2.28. The van der Waals surface area contributed by atoms with E-state index in [0.717, 1.165) is 17.2 Å². The minimum atomic E-state index is -3.35. The molecule has 6 nitrogen and oxygen atoms in total. The molecule has 0 aliphatic carbocycles. The Labute approximate surface area is 123 Å². The molecule has 0 aliphatic rings. The maximum Gasteiger partial charge on any atom is 0.354 e. The van der Waals surface area contributed by atoms with Gasteiger partial charge in [0, 0.05) is 10.9 Å². The van der Waals surface area contributed by atoms with Crippen molar-refractivity contribution >= 4 is 32.6 Å². The summed E-state index contributed by atoms with van der Waals surface area (Å²) in [6.07, 6.45) is 1.78. The van der Waals surface area contributed by atoms with Crippen LogP contribution in [0.4, 0.5) is 5.69 Å². The van der Waals surface area contributed by atoms with E-state index in [1.54, 1.807) is 19.1 Å². The second kappa shape index (κ2) is 5.77. The van der Waals surface area contributed by atoms with Crippen molar-refractivity contribution in [3.8, 4) is 0 Å². The zero-order valence-corrected chi connectivity index (χ0v) is 13.0. The number of aromatic amines is 1. The van der Waals surface area contributed by atoms with E-state index in [1.807, 2.05) is 13.0 Å². The fourth-order valence-corrected chi connectivity index (χ4v) is 2.72. The van der Waals surface area contributed by atoms with Crippen LogP contribution in [0.1, 0.15) is 29.9 Å². The van der Waals surface area contributed by atoms with Crippen LogP contribution in [0, 0.1) is 0 Å². The number of carbonyl (C=O) groups excluding carboxylic acids is 1. The third-order valence-corrected chi connectivity index (χ3v) is 3.61. The van der Waals surface area contributed by atoms with Gasteiger partial charge in [0.15, 0.2) is 0 Å². The van der Waals surface area contributed by atoms with Gasteiger partial charge in [0.05, 0.1) is 18.6 Å². The molecule has 0 atom stereocenters. The van der Waals surface area contributed by atoms with Crippen LogP contribution >= 0.6 is 0 Å². The Hall–Kier alpha value is -2.02. The molecule has 2 aromatic rings. The van der Waals surface area contributed by atoms with Crippen molar-refractivity contribution < 1.29 is 17.9 Å². The van der Waals surface area contributed by atoms with E-state index < -0.39 is 16.0 Å². The molecule has 0 fully saturated rings. The molecule has 0 bridgehead atoms. The molecule has 0 unspecified atom stereocenters. The van der Waals surface area contributed by atoms with Crippen molar-refractivity contribution in [2.45, 2.75) is 20.3 Å². The molecule has 1 aromatic heterocycles. The number of H-pyrrole nitrogens is 1. The van der Waals surface area contributed by atoms with Gasteiger partial charge in [0.25, 0.3) is 0 Å². The zero-order chi connectivity index (χ0) is 15.6. The van der Waals surface area contributed by atoms with Gasteiger partial charge in [-0.15, -0.1) is 0 Å². The SMILES string of the molecule is CCOC(=O)c1cc2cc(CC)c(NS(C)(=O)=O)cc2[nH]1. The first-order valence-electron chi connectivity index (χ1n) is 6.64.